The van der Waals surface area contributed by atoms with Crippen LogP contribution in [0.3, 0.4) is 0 Å². The number of aliphatic carboxylic acids is 1. The molecule has 0 saturated carbocycles. The fraction of sp³-hybridized carbons (Fsp3) is 0.778. The Kier molecular flexibility index (Phi) is 13.2. The van der Waals surface area contributed by atoms with Gasteiger partial charge in [-0.3, -0.25) is 4.79 Å². The lowest BCUT2D eigenvalue weighted by Crippen LogP contribution is -2.11. The first-order valence-electron chi connectivity index (χ1n) is 8.89. The molecule has 0 fully saturated rings. The van der Waals surface area contributed by atoms with E-state index in [4.69, 9.17) is 10.2 Å². The van der Waals surface area contributed by atoms with E-state index in [9.17, 15) is 14.7 Å². The summed E-state index contributed by atoms with van der Waals surface area (Å²) in [5.74, 6) is -4.71. The minimum atomic E-state index is -1.69. The third-order valence-electron chi connectivity index (χ3n) is 3.95. The number of Topliss-reactive ketones (excluding diaryl/α,β-unsaturated/α-hetero) is 1. The number of aliphatic hydroxyl groups is 2. The summed E-state index contributed by atoms with van der Waals surface area (Å²) in [5, 5.41) is 26.7. The van der Waals surface area contributed by atoms with Crippen LogP contribution in [-0.4, -0.2) is 27.1 Å². The van der Waals surface area contributed by atoms with Crippen LogP contribution in [0, 0.1) is 0 Å². The molecular weight excluding hydrogens is 296 g/mol. The van der Waals surface area contributed by atoms with Gasteiger partial charge in [0.2, 0.25) is 17.3 Å². The van der Waals surface area contributed by atoms with E-state index in [0.29, 0.717) is 6.42 Å². The molecule has 0 aromatic rings. The van der Waals surface area contributed by atoms with Gasteiger partial charge in [0.1, 0.15) is 0 Å². The molecule has 0 spiro atoms. The first kappa shape index (κ1) is 21.5. The van der Waals surface area contributed by atoms with Gasteiger partial charge in [0.25, 0.3) is 0 Å². The second-order valence-electron chi connectivity index (χ2n) is 6.06. The van der Waals surface area contributed by atoms with Gasteiger partial charge in [0.05, 0.1) is 0 Å². The molecule has 0 heterocycles. The maximum Gasteiger partial charge on any atom is 0.375 e. The normalized spacial score (nSPS) is 12.0. The van der Waals surface area contributed by atoms with E-state index in [1.807, 2.05) is 0 Å². The second kappa shape index (κ2) is 14.1. The first-order valence-corrected chi connectivity index (χ1v) is 8.89. The van der Waals surface area contributed by atoms with E-state index >= 15 is 0 Å². The molecule has 0 aromatic carbocycles. The third-order valence-corrected chi connectivity index (χ3v) is 3.95. The maximum absolute atomic E-state index is 11.4. The molecule has 0 aliphatic rings. The predicted molar refractivity (Wildman–Crippen MR) is 90.6 cm³/mol. The topological polar surface area (TPSA) is 94.8 Å². The Balaban J connectivity index is 3.48. The van der Waals surface area contributed by atoms with Crippen molar-refractivity contribution in [2.24, 2.45) is 0 Å². The average molecular weight is 328 g/mol. The number of rotatable bonds is 15. The number of aliphatic hydroxyl groups excluding tert-OH is 2. The number of hydrogen-bond donors (Lipinski definition) is 3. The molecule has 0 saturated heterocycles. The molecule has 3 N–H and O–H groups in total. The SMILES string of the molecule is CCCCCCCCCCCCCCC(=O)C(O)=C(O)C(=O)O. The number of ketones is 1. The average Bonchev–Trinajstić information content (AvgIpc) is 2.54. The van der Waals surface area contributed by atoms with Gasteiger partial charge < -0.3 is 15.3 Å². The van der Waals surface area contributed by atoms with Crippen molar-refractivity contribution >= 4 is 11.8 Å². The molecule has 0 radical (unpaired) electrons. The highest BCUT2D eigenvalue weighted by Gasteiger charge is 2.18. The minimum absolute atomic E-state index is 0.0700. The van der Waals surface area contributed by atoms with Gasteiger partial charge in [0.15, 0.2) is 0 Å². The predicted octanol–water partition coefficient (Wildman–Crippen LogP) is 5.06. The quantitative estimate of drug-likeness (QED) is 0.222. The number of unbranched alkanes of at least 4 members (excludes halogenated alkanes) is 11. The summed E-state index contributed by atoms with van der Waals surface area (Å²) in [5.41, 5.74) is 0. The highest BCUT2D eigenvalue weighted by Crippen LogP contribution is 2.13. The highest BCUT2D eigenvalue weighted by molar-refractivity contribution is 5.99. The highest BCUT2D eigenvalue weighted by atomic mass is 16.4. The molecule has 0 aliphatic carbocycles. The van der Waals surface area contributed by atoms with Crippen LogP contribution in [0.5, 0.6) is 0 Å². The summed E-state index contributed by atoms with van der Waals surface area (Å²) >= 11 is 0. The van der Waals surface area contributed by atoms with E-state index in [0.717, 1.165) is 19.3 Å². The largest absolute Gasteiger partial charge is 0.502 e. The van der Waals surface area contributed by atoms with Gasteiger partial charge in [-0.05, 0) is 6.42 Å². The van der Waals surface area contributed by atoms with Crippen LogP contribution in [0.1, 0.15) is 90.4 Å². The van der Waals surface area contributed by atoms with E-state index in [2.05, 4.69) is 6.92 Å². The van der Waals surface area contributed by atoms with Gasteiger partial charge in [-0.25, -0.2) is 4.79 Å². The van der Waals surface area contributed by atoms with Crippen LogP contribution in [0.2, 0.25) is 0 Å². The Hall–Kier alpha value is -1.52. The number of carbonyl (C=O) groups is 2. The number of carbonyl (C=O) groups excluding carboxylic acids is 1. The fourth-order valence-corrected chi connectivity index (χ4v) is 2.48. The Labute approximate surface area is 139 Å². The molecule has 5 heteroatoms. The molecule has 0 atom stereocenters. The van der Waals surface area contributed by atoms with Gasteiger partial charge in [-0.2, -0.15) is 0 Å². The van der Waals surface area contributed by atoms with Crippen molar-refractivity contribution in [1.29, 1.82) is 0 Å². The van der Waals surface area contributed by atoms with Crippen molar-refractivity contribution in [3.05, 3.63) is 11.5 Å². The van der Waals surface area contributed by atoms with Gasteiger partial charge in [-0.1, -0.05) is 77.6 Å². The molecule has 0 bridgehead atoms. The molecule has 5 nitrogen and oxygen atoms in total. The monoisotopic (exact) mass is 328 g/mol. The summed E-state index contributed by atoms with van der Waals surface area (Å²) in [4.78, 5) is 21.8. The van der Waals surface area contributed by atoms with Crippen molar-refractivity contribution < 1.29 is 24.9 Å². The lowest BCUT2D eigenvalue weighted by Gasteiger charge is -2.03. The zero-order chi connectivity index (χ0) is 17.5. The summed E-state index contributed by atoms with van der Waals surface area (Å²) in [6.45, 7) is 2.22. The fourth-order valence-electron chi connectivity index (χ4n) is 2.48. The van der Waals surface area contributed by atoms with Gasteiger partial charge in [0, 0.05) is 6.42 Å². The number of allylic oxidation sites excluding steroid dienone is 1. The van der Waals surface area contributed by atoms with E-state index in [1.54, 1.807) is 0 Å². The zero-order valence-corrected chi connectivity index (χ0v) is 14.4. The van der Waals surface area contributed by atoms with Crippen molar-refractivity contribution in [3.63, 3.8) is 0 Å². The zero-order valence-electron chi connectivity index (χ0n) is 14.4. The lowest BCUT2D eigenvalue weighted by atomic mass is 10.0. The number of hydrogen-bond acceptors (Lipinski definition) is 4. The molecule has 0 aliphatic heterocycles. The van der Waals surface area contributed by atoms with Gasteiger partial charge >= 0.3 is 5.97 Å². The Morgan fingerprint density at radius 2 is 1.00 bits per heavy atom. The van der Waals surface area contributed by atoms with Crippen molar-refractivity contribution in [3.8, 4) is 0 Å². The molecule has 23 heavy (non-hydrogen) atoms. The van der Waals surface area contributed by atoms with E-state index < -0.39 is 23.3 Å². The van der Waals surface area contributed by atoms with Crippen LogP contribution < -0.4 is 0 Å². The lowest BCUT2D eigenvalue weighted by molar-refractivity contribution is -0.136. The summed E-state index contributed by atoms with van der Waals surface area (Å²) in [6, 6.07) is 0. The summed E-state index contributed by atoms with van der Waals surface area (Å²) in [6.07, 6.45) is 14.2. The molecule has 134 valence electrons. The third kappa shape index (κ3) is 11.7. The summed E-state index contributed by atoms with van der Waals surface area (Å²) in [7, 11) is 0. The molecule has 0 rings (SSSR count). The molecule has 0 unspecified atom stereocenters. The number of carboxylic acids is 1. The Morgan fingerprint density at radius 3 is 1.39 bits per heavy atom. The second-order valence-corrected chi connectivity index (χ2v) is 6.06. The van der Waals surface area contributed by atoms with Crippen LogP contribution in [-0.2, 0) is 9.59 Å². The number of carboxylic acid groups (broad SMARTS) is 1. The molecule has 0 aromatic heterocycles. The van der Waals surface area contributed by atoms with E-state index in [1.165, 1.54) is 51.4 Å². The van der Waals surface area contributed by atoms with Crippen LogP contribution in [0.25, 0.3) is 0 Å². The van der Waals surface area contributed by atoms with Crippen LogP contribution >= 0.6 is 0 Å². The standard InChI is InChI=1S/C18H32O5/c1-2-3-4-5-6-7-8-9-10-11-12-13-14-15(19)16(20)17(21)18(22)23/h20-21H,2-14H2,1H3,(H,22,23). The van der Waals surface area contributed by atoms with Crippen molar-refractivity contribution in [1.82, 2.24) is 0 Å². The first-order chi connectivity index (χ1) is 11.0. The van der Waals surface area contributed by atoms with Crippen molar-refractivity contribution in [2.75, 3.05) is 0 Å². The Bertz CT molecular complexity index is 374. The minimum Gasteiger partial charge on any atom is -0.502 e. The van der Waals surface area contributed by atoms with Crippen LogP contribution in [0.15, 0.2) is 11.5 Å². The molecular formula is C18H32O5. The smallest absolute Gasteiger partial charge is 0.375 e. The maximum atomic E-state index is 11.4. The van der Waals surface area contributed by atoms with Crippen LogP contribution in [0.4, 0.5) is 0 Å². The van der Waals surface area contributed by atoms with Crippen molar-refractivity contribution in [2.45, 2.75) is 90.4 Å². The van der Waals surface area contributed by atoms with E-state index in [-0.39, 0.29) is 6.42 Å². The summed E-state index contributed by atoms with van der Waals surface area (Å²) < 4.78 is 0. The molecule has 0 amide bonds. The van der Waals surface area contributed by atoms with Gasteiger partial charge in [-0.15, -0.1) is 0 Å². The Morgan fingerprint density at radius 1 is 0.609 bits per heavy atom.